The van der Waals surface area contributed by atoms with Gasteiger partial charge in [0.25, 0.3) is 0 Å². The molecule has 2 aromatic heterocycles. The lowest BCUT2D eigenvalue weighted by Crippen LogP contribution is -2.35. The SMILES string of the molecule is Cc1nc(CN2CCC(COc3ncc(Br)cn3)CC2)no1. The Morgan fingerprint density at radius 3 is 2.68 bits per heavy atom. The zero-order valence-electron chi connectivity index (χ0n) is 12.4. The predicted molar refractivity (Wildman–Crippen MR) is 82.3 cm³/mol. The zero-order chi connectivity index (χ0) is 15.4. The average molecular weight is 368 g/mol. The van der Waals surface area contributed by atoms with Crippen LogP contribution in [0, 0.1) is 12.8 Å². The summed E-state index contributed by atoms with van der Waals surface area (Å²) in [5, 5.41) is 3.94. The Balaban J connectivity index is 1.41. The fourth-order valence-corrected chi connectivity index (χ4v) is 2.69. The first-order chi connectivity index (χ1) is 10.7. The van der Waals surface area contributed by atoms with Crippen molar-refractivity contribution >= 4 is 15.9 Å². The van der Waals surface area contributed by atoms with Crippen LogP contribution >= 0.6 is 15.9 Å². The molecule has 0 N–H and O–H groups in total. The largest absolute Gasteiger partial charge is 0.463 e. The van der Waals surface area contributed by atoms with Gasteiger partial charge in [0.2, 0.25) is 5.89 Å². The molecule has 0 radical (unpaired) electrons. The summed E-state index contributed by atoms with van der Waals surface area (Å²) >= 11 is 3.31. The van der Waals surface area contributed by atoms with Crippen molar-refractivity contribution in [2.75, 3.05) is 19.7 Å². The molecule has 0 saturated carbocycles. The second kappa shape index (κ2) is 7.15. The van der Waals surface area contributed by atoms with Gasteiger partial charge in [-0.2, -0.15) is 4.98 Å². The minimum Gasteiger partial charge on any atom is -0.463 e. The number of aryl methyl sites for hydroxylation is 1. The molecule has 1 fully saturated rings. The molecular formula is C14H18BrN5O2. The van der Waals surface area contributed by atoms with Gasteiger partial charge in [0, 0.05) is 19.3 Å². The van der Waals surface area contributed by atoms with Gasteiger partial charge in [-0.3, -0.25) is 4.90 Å². The highest BCUT2D eigenvalue weighted by atomic mass is 79.9. The van der Waals surface area contributed by atoms with Crippen LogP contribution < -0.4 is 4.74 Å². The molecule has 0 aliphatic carbocycles. The standard InChI is InChI=1S/C14H18BrN5O2/c1-10-18-13(19-22-10)8-20-4-2-11(3-5-20)9-21-14-16-6-12(15)7-17-14/h6-7,11H,2-5,8-9H2,1H3. The fraction of sp³-hybridized carbons (Fsp3) is 0.571. The molecule has 22 heavy (non-hydrogen) atoms. The van der Waals surface area contributed by atoms with Crippen LogP contribution in [0.1, 0.15) is 24.6 Å². The molecule has 3 heterocycles. The second-order valence-electron chi connectivity index (χ2n) is 5.44. The van der Waals surface area contributed by atoms with Gasteiger partial charge >= 0.3 is 6.01 Å². The molecule has 0 bridgehead atoms. The summed E-state index contributed by atoms with van der Waals surface area (Å²) in [6.07, 6.45) is 5.57. The van der Waals surface area contributed by atoms with E-state index >= 15 is 0 Å². The van der Waals surface area contributed by atoms with Crippen LogP contribution in [0.2, 0.25) is 0 Å². The topological polar surface area (TPSA) is 77.2 Å². The van der Waals surface area contributed by atoms with E-state index in [1.165, 1.54) is 0 Å². The van der Waals surface area contributed by atoms with Crippen molar-refractivity contribution in [2.45, 2.75) is 26.3 Å². The van der Waals surface area contributed by atoms with Crippen LogP contribution in [0.5, 0.6) is 6.01 Å². The van der Waals surface area contributed by atoms with Crippen LogP contribution in [0.15, 0.2) is 21.4 Å². The molecule has 2 aromatic rings. The highest BCUT2D eigenvalue weighted by Gasteiger charge is 2.21. The molecule has 3 rings (SSSR count). The normalized spacial score (nSPS) is 16.8. The van der Waals surface area contributed by atoms with Gasteiger partial charge < -0.3 is 9.26 Å². The number of piperidine rings is 1. The third-order valence-electron chi connectivity index (χ3n) is 3.69. The molecule has 0 spiro atoms. The Labute approximate surface area is 137 Å². The third-order valence-corrected chi connectivity index (χ3v) is 4.10. The molecule has 1 aliphatic rings. The van der Waals surface area contributed by atoms with Crippen LogP contribution in [-0.4, -0.2) is 44.7 Å². The Bertz CT molecular complexity index is 596. The van der Waals surface area contributed by atoms with Gasteiger partial charge in [-0.1, -0.05) is 5.16 Å². The number of halogens is 1. The Morgan fingerprint density at radius 1 is 1.32 bits per heavy atom. The van der Waals surface area contributed by atoms with Crippen LogP contribution in [-0.2, 0) is 6.54 Å². The quantitative estimate of drug-likeness (QED) is 0.801. The van der Waals surface area contributed by atoms with E-state index in [-0.39, 0.29) is 0 Å². The van der Waals surface area contributed by atoms with E-state index in [0.717, 1.165) is 42.8 Å². The predicted octanol–water partition coefficient (Wildman–Crippen LogP) is 2.22. The maximum Gasteiger partial charge on any atom is 0.316 e. The van der Waals surface area contributed by atoms with Crippen molar-refractivity contribution < 1.29 is 9.26 Å². The molecule has 0 unspecified atom stereocenters. The third kappa shape index (κ3) is 4.23. The van der Waals surface area contributed by atoms with Crippen molar-refractivity contribution in [2.24, 2.45) is 5.92 Å². The van der Waals surface area contributed by atoms with Crippen LogP contribution in [0.3, 0.4) is 0 Å². The Hall–Kier alpha value is -1.54. The lowest BCUT2D eigenvalue weighted by atomic mass is 9.98. The smallest absolute Gasteiger partial charge is 0.316 e. The molecule has 0 atom stereocenters. The van der Waals surface area contributed by atoms with E-state index in [2.05, 4.69) is 40.9 Å². The van der Waals surface area contributed by atoms with Gasteiger partial charge in [0.05, 0.1) is 17.6 Å². The zero-order valence-corrected chi connectivity index (χ0v) is 14.0. The van der Waals surface area contributed by atoms with E-state index in [4.69, 9.17) is 9.26 Å². The highest BCUT2D eigenvalue weighted by molar-refractivity contribution is 9.10. The van der Waals surface area contributed by atoms with Gasteiger partial charge in [-0.25, -0.2) is 9.97 Å². The molecule has 0 amide bonds. The Kier molecular flexibility index (Phi) is 4.99. The van der Waals surface area contributed by atoms with E-state index in [9.17, 15) is 0 Å². The summed E-state index contributed by atoms with van der Waals surface area (Å²) in [4.78, 5) is 14.8. The number of hydrogen-bond donors (Lipinski definition) is 0. The van der Waals surface area contributed by atoms with Gasteiger partial charge in [0.1, 0.15) is 0 Å². The molecule has 118 valence electrons. The monoisotopic (exact) mass is 367 g/mol. The molecule has 1 saturated heterocycles. The fourth-order valence-electron chi connectivity index (χ4n) is 2.48. The first kappa shape index (κ1) is 15.4. The first-order valence-electron chi connectivity index (χ1n) is 7.31. The number of aromatic nitrogens is 4. The van der Waals surface area contributed by atoms with Crippen molar-refractivity contribution in [1.29, 1.82) is 0 Å². The summed E-state index contributed by atoms with van der Waals surface area (Å²) < 4.78 is 11.5. The van der Waals surface area contributed by atoms with E-state index < -0.39 is 0 Å². The van der Waals surface area contributed by atoms with Crippen molar-refractivity contribution in [3.05, 3.63) is 28.6 Å². The lowest BCUT2D eigenvalue weighted by molar-refractivity contribution is 0.129. The number of nitrogens with zero attached hydrogens (tertiary/aromatic N) is 5. The van der Waals surface area contributed by atoms with Gasteiger partial charge in [-0.15, -0.1) is 0 Å². The minimum atomic E-state index is 0.438. The second-order valence-corrected chi connectivity index (χ2v) is 6.36. The maximum atomic E-state index is 5.66. The van der Waals surface area contributed by atoms with Crippen molar-refractivity contribution in [1.82, 2.24) is 25.0 Å². The van der Waals surface area contributed by atoms with Crippen LogP contribution in [0.4, 0.5) is 0 Å². The average Bonchev–Trinajstić information content (AvgIpc) is 2.93. The molecule has 7 nitrogen and oxygen atoms in total. The Morgan fingerprint density at radius 2 is 2.05 bits per heavy atom. The summed E-state index contributed by atoms with van der Waals surface area (Å²) in [6, 6.07) is 0.438. The summed E-state index contributed by atoms with van der Waals surface area (Å²) in [6.45, 7) is 5.26. The number of ether oxygens (including phenoxy) is 1. The number of likely N-dealkylation sites (tertiary alicyclic amines) is 1. The molecule has 0 aromatic carbocycles. The van der Waals surface area contributed by atoms with E-state index in [1.807, 2.05) is 6.92 Å². The lowest BCUT2D eigenvalue weighted by Gasteiger charge is -2.30. The van der Waals surface area contributed by atoms with Gasteiger partial charge in [0.15, 0.2) is 5.82 Å². The molecule has 8 heteroatoms. The maximum absolute atomic E-state index is 5.66. The molecular weight excluding hydrogens is 350 g/mol. The van der Waals surface area contributed by atoms with E-state index in [0.29, 0.717) is 24.4 Å². The molecule has 1 aliphatic heterocycles. The van der Waals surface area contributed by atoms with Crippen LogP contribution in [0.25, 0.3) is 0 Å². The number of hydrogen-bond acceptors (Lipinski definition) is 7. The van der Waals surface area contributed by atoms with Crippen molar-refractivity contribution in [3.63, 3.8) is 0 Å². The number of rotatable bonds is 5. The first-order valence-corrected chi connectivity index (χ1v) is 8.10. The van der Waals surface area contributed by atoms with E-state index in [1.54, 1.807) is 12.4 Å². The summed E-state index contributed by atoms with van der Waals surface area (Å²) in [7, 11) is 0. The highest BCUT2D eigenvalue weighted by Crippen LogP contribution is 2.19. The summed E-state index contributed by atoms with van der Waals surface area (Å²) in [5.41, 5.74) is 0. The minimum absolute atomic E-state index is 0.438. The van der Waals surface area contributed by atoms with Crippen molar-refractivity contribution in [3.8, 4) is 6.01 Å². The summed E-state index contributed by atoms with van der Waals surface area (Å²) in [5.74, 6) is 1.92. The van der Waals surface area contributed by atoms with Gasteiger partial charge in [-0.05, 0) is 47.8 Å².